The Balaban J connectivity index is 2.03. The molecule has 0 atom stereocenters. The summed E-state index contributed by atoms with van der Waals surface area (Å²) in [6, 6.07) is 8.78. The van der Waals surface area contributed by atoms with E-state index >= 15 is 0 Å². The highest BCUT2D eigenvalue weighted by Gasteiger charge is 2.11. The molecule has 134 valence electrons. The minimum absolute atomic E-state index is 0.257. The first-order chi connectivity index (χ1) is 12.0. The summed E-state index contributed by atoms with van der Waals surface area (Å²) in [4.78, 5) is 16.7. The maximum atomic E-state index is 12.4. The summed E-state index contributed by atoms with van der Waals surface area (Å²) in [5, 5.41) is 6.07. The Morgan fingerprint density at radius 1 is 1.16 bits per heavy atom. The van der Waals surface area contributed by atoms with Crippen LogP contribution in [0.2, 0.25) is 0 Å². The van der Waals surface area contributed by atoms with Crippen LogP contribution < -0.4 is 20.1 Å². The summed E-state index contributed by atoms with van der Waals surface area (Å²) in [6.07, 6.45) is 2.62. The summed E-state index contributed by atoms with van der Waals surface area (Å²) >= 11 is 0. The van der Waals surface area contributed by atoms with Gasteiger partial charge in [-0.25, -0.2) is 4.98 Å². The fraction of sp³-hybridized carbons (Fsp3) is 0.368. The van der Waals surface area contributed by atoms with Crippen LogP contribution in [0.4, 0.5) is 11.5 Å². The first-order valence-electron chi connectivity index (χ1n) is 8.26. The molecular weight excluding hydrogens is 318 g/mol. The zero-order valence-electron chi connectivity index (χ0n) is 15.1. The number of hydrogen-bond acceptors (Lipinski definition) is 5. The molecule has 0 aliphatic rings. The molecule has 25 heavy (non-hydrogen) atoms. The van der Waals surface area contributed by atoms with E-state index in [1.54, 1.807) is 50.7 Å². The average Bonchev–Trinajstić information content (AvgIpc) is 2.61. The van der Waals surface area contributed by atoms with E-state index in [2.05, 4.69) is 29.5 Å². The number of anilines is 2. The van der Waals surface area contributed by atoms with E-state index in [1.165, 1.54) is 0 Å². The van der Waals surface area contributed by atoms with Crippen molar-refractivity contribution in [1.29, 1.82) is 0 Å². The lowest BCUT2D eigenvalue weighted by atomic mass is 10.1. The Morgan fingerprint density at radius 3 is 2.56 bits per heavy atom. The molecule has 6 nitrogen and oxygen atoms in total. The molecule has 0 bridgehead atoms. The van der Waals surface area contributed by atoms with Crippen LogP contribution in [0.5, 0.6) is 11.5 Å². The number of rotatable bonds is 8. The number of nitrogens with zero attached hydrogens (tertiary/aromatic N) is 1. The number of hydrogen-bond donors (Lipinski definition) is 2. The molecule has 1 amide bonds. The molecule has 1 aromatic heterocycles. The maximum Gasteiger partial charge on any atom is 0.257 e. The van der Waals surface area contributed by atoms with E-state index in [9.17, 15) is 4.79 Å². The Hall–Kier alpha value is -2.76. The number of methoxy groups -OCH3 is 2. The van der Waals surface area contributed by atoms with Gasteiger partial charge in [-0.05, 0) is 36.6 Å². The highest BCUT2D eigenvalue weighted by Crippen LogP contribution is 2.29. The lowest BCUT2D eigenvalue weighted by Crippen LogP contribution is -2.13. The highest BCUT2D eigenvalue weighted by atomic mass is 16.5. The largest absolute Gasteiger partial charge is 0.497 e. The molecule has 0 unspecified atom stereocenters. The third kappa shape index (κ3) is 5.38. The minimum atomic E-state index is -0.257. The highest BCUT2D eigenvalue weighted by molar-refractivity contribution is 6.05. The second-order valence-corrected chi connectivity index (χ2v) is 6.06. The molecule has 0 radical (unpaired) electrons. The van der Waals surface area contributed by atoms with Gasteiger partial charge >= 0.3 is 0 Å². The van der Waals surface area contributed by atoms with Crippen LogP contribution in [-0.2, 0) is 0 Å². The average molecular weight is 343 g/mol. The van der Waals surface area contributed by atoms with Crippen LogP contribution in [0.3, 0.4) is 0 Å². The lowest BCUT2D eigenvalue weighted by molar-refractivity contribution is 0.102. The van der Waals surface area contributed by atoms with Crippen molar-refractivity contribution in [2.24, 2.45) is 5.92 Å². The number of benzene rings is 1. The Morgan fingerprint density at radius 2 is 1.96 bits per heavy atom. The number of amides is 1. The Bertz CT molecular complexity index is 700. The van der Waals surface area contributed by atoms with Gasteiger partial charge in [-0.2, -0.15) is 0 Å². The second kappa shape index (κ2) is 8.92. The van der Waals surface area contributed by atoms with Gasteiger partial charge in [0.15, 0.2) is 0 Å². The molecule has 2 rings (SSSR count). The van der Waals surface area contributed by atoms with Crippen LogP contribution in [0.15, 0.2) is 36.5 Å². The predicted molar refractivity (Wildman–Crippen MR) is 99.7 cm³/mol. The molecule has 0 saturated heterocycles. The van der Waals surface area contributed by atoms with E-state index in [0.717, 1.165) is 18.8 Å². The van der Waals surface area contributed by atoms with Crippen molar-refractivity contribution in [2.75, 3.05) is 31.4 Å². The summed E-state index contributed by atoms with van der Waals surface area (Å²) in [7, 11) is 3.12. The second-order valence-electron chi connectivity index (χ2n) is 6.06. The molecule has 0 aliphatic heterocycles. The van der Waals surface area contributed by atoms with Gasteiger partial charge in [-0.1, -0.05) is 13.8 Å². The topological polar surface area (TPSA) is 72.5 Å². The van der Waals surface area contributed by atoms with Crippen molar-refractivity contribution in [1.82, 2.24) is 4.98 Å². The molecular formula is C19H25N3O3. The molecule has 0 fully saturated rings. The lowest BCUT2D eigenvalue weighted by Gasteiger charge is -2.12. The zero-order chi connectivity index (χ0) is 18.2. The molecule has 1 aromatic carbocycles. The summed E-state index contributed by atoms with van der Waals surface area (Å²) in [6.45, 7) is 5.21. The van der Waals surface area contributed by atoms with Crippen molar-refractivity contribution < 1.29 is 14.3 Å². The minimum Gasteiger partial charge on any atom is -0.497 e. The van der Waals surface area contributed by atoms with Crippen LogP contribution in [0, 0.1) is 5.92 Å². The molecule has 1 heterocycles. The monoisotopic (exact) mass is 343 g/mol. The van der Waals surface area contributed by atoms with Gasteiger partial charge in [0, 0.05) is 18.8 Å². The number of carbonyl (C=O) groups is 1. The number of carbonyl (C=O) groups excluding carboxylic acids is 1. The third-order valence-electron chi connectivity index (χ3n) is 3.71. The van der Waals surface area contributed by atoms with E-state index < -0.39 is 0 Å². The van der Waals surface area contributed by atoms with E-state index in [-0.39, 0.29) is 5.91 Å². The fourth-order valence-corrected chi connectivity index (χ4v) is 2.23. The predicted octanol–water partition coefficient (Wildman–Crippen LogP) is 3.81. The van der Waals surface area contributed by atoms with Gasteiger partial charge in [0.2, 0.25) is 0 Å². The standard InChI is InChI=1S/C19H25N3O3/c1-13(2)9-10-20-18-8-5-14(12-21-18)19(23)22-16-11-15(24-3)6-7-17(16)25-4/h5-8,11-13H,9-10H2,1-4H3,(H,20,21)(H,22,23). The van der Waals surface area contributed by atoms with Gasteiger partial charge in [0.25, 0.3) is 5.91 Å². The number of aromatic nitrogens is 1. The zero-order valence-corrected chi connectivity index (χ0v) is 15.1. The maximum absolute atomic E-state index is 12.4. The summed E-state index contributed by atoms with van der Waals surface area (Å²) < 4.78 is 10.5. The molecule has 0 aliphatic carbocycles. The smallest absolute Gasteiger partial charge is 0.257 e. The first-order valence-corrected chi connectivity index (χ1v) is 8.26. The number of nitrogens with one attached hydrogen (secondary N) is 2. The summed E-state index contributed by atoms with van der Waals surface area (Å²) in [5.41, 5.74) is 1.02. The Labute approximate surface area is 148 Å². The first kappa shape index (κ1) is 18.6. The van der Waals surface area contributed by atoms with Crippen molar-refractivity contribution in [3.63, 3.8) is 0 Å². The van der Waals surface area contributed by atoms with E-state index in [4.69, 9.17) is 9.47 Å². The number of pyridine rings is 1. The summed E-state index contributed by atoms with van der Waals surface area (Å²) in [5.74, 6) is 2.34. The quantitative estimate of drug-likeness (QED) is 0.762. The van der Waals surface area contributed by atoms with Crippen LogP contribution in [0.1, 0.15) is 30.6 Å². The van der Waals surface area contributed by atoms with Gasteiger partial charge in [0.05, 0.1) is 25.5 Å². The van der Waals surface area contributed by atoms with Gasteiger partial charge < -0.3 is 20.1 Å². The fourth-order valence-electron chi connectivity index (χ4n) is 2.23. The van der Waals surface area contributed by atoms with Gasteiger partial charge in [-0.3, -0.25) is 4.79 Å². The molecule has 6 heteroatoms. The molecule has 0 saturated carbocycles. The van der Waals surface area contributed by atoms with Crippen molar-refractivity contribution in [3.8, 4) is 11.5 Å². The van der Waals surface area contributed by atoms with Crippen molar-refractivity contribution in [3.05, 3.63) is 42.1 Å². The SMILES string of the molecule is COc1ccc(OC)c(NC(=O)c2ccc(NCCC(C)C)nc2)c1. The molecule has 0 spiro atoms. The normalized spacial score (nSPS) is 10.4. The van der Waals surface area contributed by atoms with Crippen LogP contribution in [0.25, 0.3) is 0 Å². The van der Waals surface area contributed by atoms with Crippen molar-refractivity contribution >= 4 is 17.4 Å². The number of ether oxygens (including phenoxy) is 2. The molecule has 2 aromatic rings. The molecule has 2 N–H and O–H groups in total. The van der Waals surface area contributed by atoms with Crippen molar-refractivity contribution in [2.45, 2.75) is 20.3 Å². The van der Waals surface area contributed by atoms with Gasteiger partial charge in [-0.15, -0.1) is 0 Å². The van der Waals surface area contributed by atoms with Crippen LogP contribution in [-0.4, -0.2) is 31.7 Å². The van der Waals surface area contributed by atoms with Crippen LogP contribution >= 0.6 is 0 Å². The van der Waals surface area contributed by atoms with E-state index in [1.807, 2.05) is 0 Å². The third-order valence-corrected chi connectivity index (χ3v) is 3.71. The van der Waals surface area contributed by atoms with E-state index in [0.29, 0.717) is 28.7 Å². The van der Waals surface area contributed by atoms with Gasteiger partial charge in [0.1, 0.15) is 17.3 Å². The Kier molecular flexibility index (Phi) is 6.62.